The molecule has 0 bridgehead atoms. The van der Waals surface area contributed by atoms with E-state index >= 15 is 0 Å². The second-order valence-electron chi connectivity index (χ2n) is 3.93. The van der Waals surface area contributed by atoms with Gasteiger partial charge in [-0.25, -0.2) is 4.98 Å². The van der Waals surface area contributed by atoms with Gasteiger partial charge in [-0.05, 0) is 26.2 Å². The monoisotopic (exact) mass is 212 g/mol. The molecule has 0 aromatic carbocycles. The Kier molecular flexibility index (Phi) is 2.74. The van der Waals surface area contributed by atoms with Crippen molar-refractivity contribution in [1.82, 2.24) is 4.98 Å². The first-order chi connectivity index (χ1) is 6.72. The third-order valence-electron chi connectivity index (χ3n) is 2.68. The molecular weight excluding hydrogens is 196 g/mol. The van der Waals surface area contributed by atoms with Gasteiger partial charge in [0.1, 0.15) is 0 Å². The highest BCUT2D eigenvalue weighted by molar-refractivity contribution is 7.11. The standard InChI is InChI=1S/C10H16N2OS/c1-2-13-9-12-8(7-14-9)6-10(11)4-3-5-10/h7H,2-6,11H2,1H3. The first-order valence-electron chi connectivity index (χ1n) is 5.08. The maximum atomic E-state index is 6.14. The van der Waals surface area contributed by atoms with Gasteiger partial charge in [0.05, 0.1) is 12.3 Å². The molecule has 1 heterocycles. The molecular formula is C10H16N2OS. The van der Waals surface area contributed by atoms with Gasteiger partial charge in [-0.1, -0.05) is 11.3 Å². The van der Waals surface area contributed by atoms with Crippen molar-refractivity contribution in [2.45, 2.75) is 38.1 Å². The van der Waals surface area contributed by atoms with Crippen molar-refractivity contribution in [2.24, 2.45) is 5.73 Å². The van der Waals surface area contributed by atoms with E-state index in [0.717, 1.165) is 30.2 Å². The summed E-state index contributed by atoms with van der Waals surface area (Å²) >= 11 is 1.56. The minimum atomic E-state index is 0.0254. The zero-order valence-corrected chi connectivity index (χ0v) is 9.27. The topological polar surface area (TPSA) is 48.1 Å². The Morgan fingerprint density at radius 2 is 2.43 bits per heavy atom. The third kappa shape index (κ3) is 2.07. The highest BCUT2D eigenvalue weighted by Gasteiger charge is 2.33. The third-order valence-corrected chi connectivity index (χ3v) is 3.48. The largest absolute Gasteiger partial charge is 0.470 e. The van der Waals surface area contributed by atoms with Crippen molar-refractivity contribution in [2.75, 3.05) is 6.61 Å². The molecule has 3 nitrogen and oxygen atoms in total. The molecule has 0 radical (unpaired) electrons. The van der Waals surface area contributed by atoms with E-state index in [1.165, 1.54) is 6.42 Å². The molecule has 1 aliphatic carbocycles. The van der Waals surface area contributed by atoms with E-state index in [-0.39, 0.29) is 5.54 Å². The SMILES string of the molecule is CCOc1nc(CC2(N)CCC2)cs1. The van der Waals surface area contributed by atoms with Crippen LogP contribution in [0.5, 0.6) is 5.19 Å². The lowest BCUT2D eigenvalue weighted by atomic mass is 9.75. The molecule has 0 spiro atoms. The predicted octanol–water partition coefficient (Wildman–Crippen LogP) is 1.97. The average molecular weight is 212 g/mol. The highest BCUT2D eigenvalue weighted by atomic mass is 32.1. The summed E-state index contributed by atoms with van der Waals surface area (Å²) in [4.78, 5) is 4.38. The van der Waals surface area contributed by atoms with Gasteiger partial charge in [0.15, 0.2) is 0 Å². The van der Waals surface area contributed by atoms with Crippen LogP contribution in [0.25, 0.3) is 0 Å². The summed E-state index contributed by atoms with van der Waals surface area (Å²) in [5, 5.41) is 2.82. The zero-order chi connectivity index (χ0) is 10.0. The number of hydrogen-bond acceptors (Lipinski definition) is 4. The van der Waals surface area contributed by atoms with Gasteiger partial charge in [0.2, 0.25) is 0 Å². The molecule has 14 heavy (non-hydrogen) atoms. The van der Waals surface area contributed by atoms with Crippen molar-refractivity contribution in [3.05, 3.63) is 11.1 Å². The lowest BCUT2D eigenvalue weighted by Crippen LogP contribution is -2.48. The molecule has 0 amide bonds. The fourth-order valence-corrected chi connectivity index (χ4v) is 2.46. The van der Waals surface area contributed by atoms with Gasteiger partial charge in [-0.15, -0.1) is 0 Å². The van der Waals surface area contributed by atoms with Crippen LogP contribution in [0.15, 0.2) is 5.38 Å². The van der Waals surface area contributed by atoms with Crippen molar-refractivity contribution in [1.29, 1.82) is 0 Å². The van der Waals surface area contributed by atoms with E-state index in [1.807, 2.05) is 6.92 Å². The van der Waals surface area contributed by atoms with Crippen molar-refractivity contribution >= 4 is 11.3 Å². The quantitative estimate of drug-likeness (QED) is 0.830. The minimum absolute atomic E-state index is 0.0254. The second-order valence-corrected chi connectivity index (χ2v) is 4.75. The zero-order valence-electron chi connectivity index (χ0n) is 8.45. The Hall–Kier alpha value is -0.610. The van der Waals surface area contributed by atoms with Crippen molar-refractivity contribution in [3.8, 4) is 5.19 Å². The Labute approximate surface area is 88.3 Å². The average Bonchev–Trinajstić information content (AvgIpc) is 2.51. The van der Waals surface area contributed by atoms with Crippen LogP contribution in [0.3, 0.4) is 0 Å². The highest BCUT2D eigenvalue weighted by Crippen LogP contribution is 2.33. The van der Waals surface area contributed by atoms with Crippen LogP contribution < -0.4 is 10.5 Å². The van der Waals surface area contributed by atoms with Crippen LogP contribution >= 0.6 is 11.3 Å². The van der Waals surface area contributed by atoms with Crippen LogP contribution in [0, 0.1) is 0 Å². The predicted molar refractivity (Wildman–Crippen MR) is 57.8 cm³/mol. The van der Waals surface area contributed by atoms with Crippen LogP contribution in [0.1, 0.15) is 31.9 Å². The summed E-state index contributed by atoms with van der Waals surface area (Å²) in [6, 6.07) is 0. The maximum Gasteiger partial charge on any atom is 0.273 e. The Morgan fingerprint density at radius 1 is 1.64 bits per heavy atom. The number of ether oxygens (including phenoxy) is 1. The number of rotatable bonds is 4. The first-order valence-corrected chi connectivity index (χ1v) is 5.96. The van der Waals surface area contributed by atoms with Gasteiger partial charge in [-0.3, -0.25) is 0 Å². The molecule has 4 heteroatoms. The van der Waals surface area contributed by atoms with E-state index < -0.39 is 0 Å². The van der Waals surface area contributed by atoms with Gasteiger partial charge in [0.25, 0.3) is 5.19 Å². The number of nitrogens with zero attached hydrogens (tertiary/aromatic N) is 1. The Balaban J connectivity index is 1.95. The number of aromatic nitrogens is 1. The van der Waals surface area contributed by atoms with Gasteiger partial charge >= 0.3 is 0 Å². The summed E-state index contributed by atoms with van der Waals surface area (Å²) in [5.74, 6) is 0. The number of hydrogen-bond donors (Lipinski definition) is 1. The summed E-state index contributed by atoms with van der Waals surface area (Å²) in [6.45, 7) is 2.65. The molecule has 1 aliphatic rings. The van der Waals surface area contributed by atoms with Gasteiger partial charge in [-0.2, -0.15) is 0 Å². The lowest BCUT2D eigenvalue weighted by molar-refractivity contribution is 0.245. The minimum Gasteiger partial charge on any atom is -0.470 e. The molecule has 78 valence electrons. The molecule has 2 rings (SSSR count). The molecule has 0 unspecified atom stereocenters. The first kappa shape index (κ1) is 9.93. The Morgan fingerprint density at radius 3 is 3.00 bits per heavy atom. The van der Waals surface area contributed by atoms with Crippen LogP contribution in [-0.4, -0.2) is 17.1 Å². The van der Waals surface area contributed by atoms with E-state index in [2.05, 4.69) is 10.4 Å². The molecule has 2 N–H and O–H groups in total. The summed E-state index contributed by atoms with van der Waals surface area (Å²) < 4.78 is 5.32. The Bertz CT molecular complexity index is 307. The summed E-state index contributed by atoms with van der Waals surface area (Å²) in [7, 11) is 0. The second kappa shape index (κ2) is 3.87. The number of thiazole rings is 1. The number of nitrogens with two attached hydrogens (primary N) is 1. The molecule has 1 aromatic rings. The normalized spacial score (nSPS) is 19.0. The molecule has 0 saturated heterocycles. The lowest BCUT2D eigenvalue weighted by Gasteiger charge is -2.37. The maximum absolute atomic E-state index is 6.14. The van der Waals surface area contributed by atoms with E-state index in [1.54, 1.807) is 11.3 Å². The van der Waals surface area contributed by atoms with E-state index in [0.29, 0.717) is 6.61 Å². The smallest absolute Gasteiger partial charge is 0.273 e. The molecule has 0 aliphatic heterocycles. The van der Waals surface area contributed by atoms with Crippen molar-refractivity contribution < 1.29 is 4.74 Å². The fraction of sp³-hybridized carbons (Fsp3) is 0.700. The van der Waals surface area contributed by atoms with Gasteiger partial charge < -0.3 is 10.5 Å². The van der Waals surface area contributed by atoms with Crippen LogP contribution in [0.4, 0.5) is 0 Å². The van der Waals surface area contributed by atoms with Crippen molar-refractivity contribution in [3.63, 3.8) is 0 Å². The van der Waals surface area contributed by atoms with Crippen LogP contribution in [-0.2, 0) is 6.42 Å². The molecule has 1 saturated carbocycles. The van der Waals surface area contributed by atoms with Gasteiger partial charge in [0, 0.05) is 17.3 Å². The molecule has 1 aromatic heterocycles. The van der Waals surface area contributed by atoms with E-state index in [4.69, 9.17) is 10.5 Å². The fourth-order valence-electron chi connectivity index (χ4n) is 1.73. The van der Waals surface area contributed by atoms with E-state index in [9.17, 15) is 0 Å². The summed E-state index contributed by atoms with van der Waals surface area (Å²) in [6.07, 6.45) is 4.43. The molecule has 1 fully saturated rings. The summed E-state index contributed by atoms with van der Waals surface area (Å²) in [5.41, 5.74) is 7.25. The van der Waals surface area contributed by atoms with Crippen LogP contribution in [0.2, 0.25) is 0 Å². The molecule has 0 atom stereocenters.